The van der Waals surface area contributed by atoms with Gasteiger partial charge in [0, 0.05) is 12.5 Å². The number of methoxy groups -OCH3 is 1. The first-order chi connectivity index (χ1) is 17.9. The fourth-order valence-corrected chi connectivity index (χ4v) is 4.95. The Morgan fingerprint density at radius 3 is 2.76 bits per heavy atom. The average Bonchev–Trinajstić information content (AvgIpc) is 3.53. The summed E-state index contributed by atoms with van der Waals surface area (Å²) in [5, 5.41) is 26.3. The highest BCUT2D eigenvalue weighted by Crippen LogP contribution is 2.30. The number of rotatable bonds is 10. The fraction of sp³-hybridized carbons (Fsp3) is 0.292. The van der Waals surface area contributed by atoms with Crippen molar-refractivity contribution >= 4 is 44.7 Å². The summed E-state index contributed by atoms with van der Waals surface area (Å²) in [6.45, 7) is 4.04. The van der Waals surface area contributed by atoms with Gasteiger partial charge >= 0.3 is 0 Å². The molecule has 1 aromatic carbocycles. The Bertz CT molecular complexity index is 1570. The third-order valence-corrected chi connectivity index (χ3v) is 6.98. The van der Waals surface area contributed by atoms with E-state index in [0.29, 0.717) is 39.3 Å². The summed E-state index contributed by atoms with van der Waals surface area (Å²) >= 11 is 2.64. The minimum atomic E-state index is -0.581. The predicted octanol–water partition coefficient (Wildman–Crippen LogP) is 3.65. The van der Waals surface area contributed by atoms with Crippen LogP contribution in [0.3, 0.4) is 0 Å². The lowest BCUT2D eigenvalue weighted by atomic mass is 10.1. The Kier molecular flexibility index (Phi) is 8.22. The molecule has 37 heavy (non-hydrogen) atoms. The van der Waals surface area contributed by atoms with Gasteiger partial charge in [-0.2, -0.15) is 14.9 Å². The molecule has 0 bridgehead atoms. The zero-order chi connectivity index (χ0) is 26.4. The van der Waals surface area contributed by atoms with Crippen LogP contribution in [0.2, 0.25) is 0 Å². The van der Waals surface area contributed by atoms with Gasteiger partial charge < -0.3 is 9.47 Å². The number of aryl methyl sites for hydroxylation is 2. The molecule has 190 valence electrons. The first-order valence-corrected chi connectivity index (χ1v) is 13.0. The number of hydrogen-bond acceptors (Lipinski definition) is 11. The van der Waals surface area contributed by atoms with E-state index in [4.69, 9.17) is 9.47 Å². The normalized spacial score (nSPS) is 11.4. The molecule has 3 aromatic heterocycles. The highest BCUT2D eigenvalue weighted by molar-refractivity contribution is 7.16. The van der Waals surface area contributed by atoms with Gasteiger partial charge in [0.05, 0.1) is 12.8 Å². The minimum absolute atomic E-state index is 0.0460. The third-order valence-electron chi connectivity index (χ3n) is 5.03. The van der Waals surface area contributed by atoms with Gasteiger partial charge in [-0.25, -0.2) is 4.98 Å². The van der Waals surface area contributed by atoms with Crippen molar-refractivity contribution in [3.8, 4) is 17.6 Å². The number of hydrogen-bond donors (Lipinski definition) is 1. The predicted molar refractivity (Wildman–Crippen MR) is 140 cm³/mol. The van der Waals surface area contributed by atoms with Crippen molar-refractivity contribution in [3.05, 3.63) is 61.5 Å². The minimum Gasteiger partial charge on any atom is -0.493 e. The summed E-state index contributed by atoms with van der Waals surface area (Å²) in [7, 11) is 1.48. The van der Waals surface area contributed by atoms with Crippen molar-refractivity contribution in [2.24, 2.45) is 0 Å². The third kappa shape index (κ3) is 6.16. The number of fused-ring (bicyclic) bond motifs is 1. The summed E-state index contributed by atoms with van der Waals surface area (Å²) in [6, 6.07) is 8.30. The zero-order valence-corrected chi connectivity index (χ0v) is 22.0. The second kappa shape index (κ2) is 11.7. The maximum absolute atomic E-state index is 12.6. The Morgan fingerprint density at radius 2 is 2.03 bits per heavy atom. The maximum Gasteiger partial charge on any atom is 0.275 e. The first-order valence-electron chi connectivity index (χ1n) is 11.4. The molecule has 4 aromatic rings. The molecule has 0 radical (unpaired) electrons. The van der Waals surface area contributed by atoms with Crippen LogP contribution < -0.4 is 20.3 Å². The molecule has 0 saturated heterocycles. The molecule has 0 aliphatic carbocycles. The van der Waals surface area contributed by atoms with Gasteiger partial charge in [0.25, 0.3) is 11.5 Å². The second-order valence-electron chi connectivity index (χ2n) is 7.70. The molecule has 1 amide bonds. The molecule has 0 saturated carbocycles. The first kappa shape index (κ1) is 25.9. The Balaban J connectivity index is 1.48. The maximum atomic E-state index is 12.6. The van der Waals surface area contributed by atoms with E-state index in [1.807, 2.05) is 19.9 Å². The van der Waals surface area contributed by atoms with Crippen LogP contribution in [0.5, 0.6) is 11.5 Å². The van der Waals surface area contributed by atoms with Crippen LogP contribution >= 0.6 is 22.7 Å². The SMILES string of the molecule is CCCc1nnc(NC(=O)/C(C#N)=C\c2ccc(OCc3cc(=O)n4nc(CC)sc4n3)c(OC)c2)s1. The smallest absolute Gasteiger partial charge is 0.275 e. The average molecular weight is 538 g/mol. The van der Waals surface area contributed by atoms with E-state index in [9.17, 15) is 14.9 Å². The molecular formula is C24H23N7O4S2. The second-order valence-corrected chi connectivity index (χ2v) is 9.81. The number of carbonyl (C=O) groups excluding carboxylic acids is 1. The molecule has 0 aliphatic heterocycles. The lowest BCUT2D eigenvalue weighted by Gasteiger charge is -2.11. The Labute approximate surface area is 220 Å². The fourth-order valence-electron chi connectivity index (χ4n) is 3.26. The Hall–Kier alpha value is -4.15. The Morgan fingerprint density at radius 1 is 1.19 bits per heavy atom. The molecule has 0 aliphatic rings. The van der Waals surface area contributed by atoms with Crippen LogP contribution in [0.1, 0.15) is 41.5 Å². The van der Waals surface area contributed by atoms with E-state index < -0.39 is 5.91 Å². The summed E-state index contributed by atoms with van der Waals surface area (Å²) < 4.78 is 12.6. The monoisotopic (exact) mass is 537 g/mol. The lowest BCUT2D eigenvalue weighted by Crippen LogP contribution is -2.16. The molecule has 13 heteroatoms. The van der Waals surface area contributed by atoms with E-state index >= 15 is 0 Å². The molecule has 1 N–H and O–H groups in total. The number of amides is 1. The van der Waals surface area contributed by atoms with Crippen molar-refractivity contribution in [3.63, 3.8) is 0 Å². The molecular weight excluding hydrogens is 514 g/mol. The van der Waals surface area contributed by atoms with Gasteiger partial charge in [-0.05, 0) is 36.6 Å². The molecule has 0 fully saturated rings. The number of anilines is 1. The van der Waals surface area contributed by atoms with E-state index in [1.165, 1.54) is 46.4 Å². The number of carbonyl (C=O) groups is 1. The van der Waals surface area contributed by atoms with Gasteiger partial charge in [0.2, 0.25) is 10.1 Å². The van der Waals surface area contributed by atoms with Crippen LogP contribution in [-0.2, 0) is 24.2 Å². The van der Waals surface area contributed by atoms with Gasteiger partial charge in [-0.3, -0.25) is 14.9 Å². The number of benzene rings is 1. The van der Waals surface area contributed by atoms with Crippen molar-refractivity contribution in [2.45, 2.75) is 39.7 Å². The number of nitrogens with zero attached hydrogens (tertiary/aromatic N) is 6. The van der Waals surface area contributed by atoms with Gasteiger partial charge in [0.1, 0.15) is 28.3 Å². The molecule has 0 unspecified atom stereocenters. The summed E-state index contributed by atoms with van der Waals surface area (Å²) in [6.07, 6.45) is 3.86. The largest absolute Gasteiger partial charge is 0.493 e. The zero-order valence-electron chi connectivity index (χ0n) is 20.3. The quantitative estimate of drug-likeness (QED) is 0.237. The summed E-state index contributed by atoms with van der Waals surface area (Å²) in [4.78, 5) is 29.9. The van der Waals surface area contributed by atoms with E-state index in [0.717, 1.165) is 22.9 Å². The van der Waals surface area contributed by atoms with Crippen LogP contribution in [0, 0.1) is 11.3 Å². The molecule has 4 rings (SSSR count). The number of aromatic nitrogens is 5. The summed E-state index contributed by atoms with van der Waals surface area (Å²) in [5.41, 5.74) is 0.653. The van der Waals surface area contributed by atoms with E-state index in [2.05, 4.69) is 25.6 Å². The van der Waals surface area contributed by atoms with E-state index in [-0.39, 0.29) is 17.7 Å². The highest BCUT2D eigenvalue weighted by atomic mass is 32.1. The van der Waals surface area contributed by atoms with Gasteiger partial charge in [0.15, 0.2) is 11.5 Å². The van der Waals surface area contributed by atoms with Crippen molar-refractivity contribution in [2.75, 3.05) is 12.4 Å². The topological polar surface area (TPSA) is 144 Å². The molecule has 11 nitrogen and oxygen atoms in total. The number of ether oxygens (including phenoxy) is 2. The van der Waals surface area contributed by atoms with Gasteiger partial charge in [-0.15, -0.1) is 10.2 Å². The number of nitrogens with one attached hydrogen (secondary N) is 1. The van der Waals surface area contributed by atoms with Crippen molar-refractivity contribution in [1.82, 2.24) is 24.8 Å². The van der Waals surface area contributed by atoms with Crippen LogP contribution in [0.15, 0.2) is 34.6 Å². The van der Waals surface area contributed by atoms with Crippen LogP contribution in [0.4, 0.5) is 5.13 Å². The van der Waals surface area contributed by atoms with Crippen molar-refractivity contribution in [1.29, 1.82) is 5.26 Å². The standard InChI is InChI=1S/C24H23N7O4S2/c1-4-6-20-28-29-23(36-20)27-22(33)15(12-25)9-14-7-8-17(18(10-14)34-3)35-13-16-11-21(32)31-24(26-16)37-19(5-2)30-31/h7-11H,4-6,13H2,1-3H3,(H,27,29,33)/b15-9-. The number of nitriles is 1. The highest BCUT2D eigenvalue weighted by Gasteiger charge is 2.14. The van der Waals surface area contributed by atoms with Crippen molar-refractivity contribution < 1.29 is 14.3 Å². The molecule has 3 heterocycles. The summed E-state index contributed by atoms with van der Waals surface area (Å²) in [5.74, 6) is 0.229. The van der Waals surface area contributed by atoms with Crippen LogP contribution in [0.25, 0.3) is 11.0 Å². The lowest BCUT2D eigenvalue weighted by molar-refractivity contribution is -0.112. The van der Waals surface area contributed by atoms with Gasteiger partial charge in [-0.1, -0.05) is 42.6 Å². The van der Waals surface area contributed by atoms with E-state index in [1.54, 1.807) is 18.2 Å². The van der Waals surface area contributed by atoms with Crippen LogP contribution in [-0.4, -0.2) is 37.8 Å². The molecule has 0 atom stereocenters. The molecule has 0 spiro atoms.